The van der Waals surface area contributed by atoms with Crippen LogP contribution in [0.15, 0.2) is 47.2 Å². The number of carbonyl (C=O) groups is 2. The normalized spacial score (nSPS) is 15.4. The van der Waals surface area contributed by atoms with Crippen LogP contribution in [0.3, 0.4) is 0 Å². The number of benzene rings is 1. The summed E-state index contributed by atoms with van der Waals surface area (Å²) in [6, 6.07) is 7.16. The highest BCUT2D eigenvalue weighted by Gasteiger charge is 2.23. The van der Waals surface area contributed by atoms with Crippen molar-refractivity contribution in [2.24, 2.45) is 0 Å². The molecule has 0 atom stereocenters. The Morgan fingerprint density at radius 3 is 2.26 bits per heavy atom. The number of rotatable bonds is 3. The lowest BCUT2D eigenvalue weighted by Crippen LogP contribution is -2.21. The number of hydrogen-bond acceptors (Lipinski definition) is 4. The van der Waals surface area contributed by atoms with Gasteiger partial charge in [0.05, 0.1) is 12.8 Å². The molecular weight excluding hydrogens is 242 g/mol. The van der Waals surface area contributed by atoms with E-state index >= 15 is 0 Å². The minimum Gasteiger partial charge on any atom is -0.497 e. The van der Waals surface area contributed by atoms with Gasteiger partial charge in [-0.1, -0.05) is 0 Å². The Bertz CT molecular complexity index is 594. The highest BCUT2D eigenvalue weighted by atomic mass is 16.5. The highest BCUT2D eigenvalue weighted by Crippen LogP contribution is 2.22. The molecule has 0 spiro atoms. The molecule has 0 aromatic heterocycles. The molecule has 4 nitrogen and oxygen atoms in total. The van der Waals surface area contributed by atoms with Crippen LogP contribution in [-0.2, 0) is 9.59 Å². The lowest BCUT2D eigenvalue weighted by Gasteiger charge is -2.16. The van der Waals surface area contributed by atoms with Gasteiger partial charge >= 0.3 is 0 Å². The van der Waals surface area contributed by atoms with Gasteiger partial charge in [0.2, 0.25) is 5.78 Å². The number of ketones is 2. The Hall–Kier alpha value is -2.36. The summed E-state index contributed by atoms with van der Waals surface area (Å²) in [6.45, 7) is 3.30. The van der Waals surface area contributed by atoms with Crippen LogP contribution >= 0.6 is 0 Å². The zero-order valence-electron chi connectivity index (χ0n) is 11.1. The summed E-state index contributed by atoms with van der Waals surface area (Å²) in [4.78, 5) is 23.7. The Morgan fingerprint density at radius 1 is 1.05 bits per heavy atom. The van der Waals surface area contributed by atoms with Gasteiger partial charge in [-0.2, -0.15) is 0 Å². The van der Waals surface area contributed by atoms with Gasteiger partial charge in [-0.05, 0) is 44.2 Å². The van der Waals surface area contributed by atoms with Gasteiger partial charge in [-0.25, -0.2) is 0 Å². The maximum Gasteiger partial charge on any atom is 0.202 e. The van der Waals surface area contributed by atoms with Crippen LogP contribution in [0.25, 0.3) is 0 Å². The summed E-state index contributed by atoms with van der Waals surface area (Å²) in [5.74, 6) is 0.457. The van der Waals surface area contributed by atoms with Crippen molar-refractivity contribution >= 4 is 17.3 Å². The first-order valence-corrected chi connectivity index (χ1v) is 5.92. The van der Waals surface area contributed by atoms with Crippen molar-refractivity contribution in [3.63, 3.8) is 0 Å². The number of carbonyl (C=O) groups excluding carboxylic acids is 2. The number of nitrogens with one attached hydrogen (secondary N) is 1. The third-order valence-corrected chi connectivity index (χ3v) is 3.03. The van der Waals surface area contributed by atoms with Gasteiger partial charge in [0.15, 0.2) is 5.78 Å². The van der Waals surface area contributed by atoms with Crippen LogP contribution in [0.5, 0.6) is 5.75 Å². The number of methoxy groups -OCH3 is 1. The molecule has 1 aromatic carbocycles. The third kappa shape index (κ3) is 2.57. The second-order valence-electron chi connectivity index (χ2n) is 4.37. The number of allylic oxidation sites excluding steroid dienone is 3. The van der Waals surface area contributed by atoms with E-state index in [9.17, 15) is 9.59 Å². The number of ether oxygens (including phenoxy) is 1. The Morgan fingerprint density at radius 2 is 1.68 bits per heavy atom. The molecule has 4 heteroatoms. The molecule has 19 heavy (non-hydrogen) atoms. The minimum absolute atomic E-state index is 0.101. The summed E-state index contributed by atoms with van der Waals surface area (Å²) in [5, 5.41) is 2.99. The van der Waals surface area contributed by atoms with Crippen LogP contribution in [0.4, 0.5) is 5.69 Å². The molecule has 0 amide bonds. The Labute approximate surface area is 111 Å². The maximum absolute atomic E-state index is 11.9. The van der Waals surface area contributed by atoms with Crippen LogP contribution in [0.1, 0.15) is 13.8 Å². The Balaban J connectivity index is 2.27. The van der Waals surface area contributed by atoms with Crippen LogP contribution in [0.2, 0.25) is 0 Å². The molecule has 1 N–H and O–H groups in total. The summed E-state index contributed by atoms with van der Waals surface area (Å²) in [6.07, 6.45) is 1.36. The molecular formula is C15H15NO3. The number of anilines is 1. The molecule has 98 valence electrons. The van der Waals surface area contributed by atoms with Gasteiger partial charge in [0, 0.05) is 16.8 Å². The fourth-order valence-electron chi connectivity index (χ4n) is 1.90. The monoisotopic (exact) mass is 257 g/mol. The number of hydrogen-bond donors (Lipinski definition) is 1. The van der Waals surface area contributed by atoms with Gasteiger partial charge in [0.1, 0.15) is 5.75 Å². The largest absolute Gasteiger partial charge is 0.497 e. The summed E-state index contributed by atoms with van der Waals surface area (Å²) in [5.41, 5.74) is 1.99. The fraction of sp³-hybridized carbons (Fsp3) is 0.200. The molecule has 0 aliphatic heterocycles. The van der Waals surface area contributed by atoms with Crippen molar-refractivity contribution in [1.82, 2.24) is 0 Å². The van der Waals surface area contributed by atoms with Crippen LogP contribution in [0, 0.1) is 0 Å². The van der Waals surface area contributed by atoms with Crippen LogP contribution < -0.4 is 10.1 Å². The van der Waals surface area contributed by atoms with E-state index in [0.29, 0.717) is 16.8 Å². The topological polar surface area (TPSA) is 55.4 Å². The quantitative estimate of drug-likeness (QED) is 0.845. The number of Topliss-reactive ketones (excluding diaryl/α,β-unsaturated/α-hetero) is 1. The molecule has 1 aliphatic carbocycles. The molecule has 1 aliphatic rings. The Kier molecular flexibility index (Phi) is 3.51. The van der Waals surface area contributed by atoms with Crippen molar-refractivity contribution in [1.29, 1.82) is 0 Å². The summed E-state index contributed by atoms with van der Waals surface area (Å²) < 4.78 is 5.06. The van der Waals surface area contributed by atoms with E-state index in [2.05, 4.69) is 5.32 Å². The fourth-order valence-corrected chi connectivity index (χ4v) is 1.90. The lowest BCUT2D eigenvalue weighted by molar-refractivity contribution is -0.115. The second-order valence-corrected chi connectivity index (χ2v) is 4.37. The van der Waals surface area contributed by atoms with Crippen LogP contribution in [-0.4, -0.2) is 18.7 Å². The molecule has 2 rings (SSSR count). The first-order valence-electron chi connectivity index (χ1n) is 5.92. The first-order chi connectivity index (χ1) is 9.02. The van der Waals surface area contributed by atoms with E-state index in [1.807, 2.05) is 0 Å². The average molecular weight is 257 g/mol. The molecule has 1 aromatic rings. The van der Waals surface area contributed by atoms with E-state index in [4.69, 9.17) is 4.74 Å². The predicted octanol–water partition coefficient (Wildman–Crippen LogP) is 2.48. The maximum atomic E-state index is 11.9. The first kappa shape index (κ1) is 13.1. The van der Waals surface area contributed by atoms with Crippen molar-refractivity contribution in [2.45, 2.75) is 13.8 Å². The van der Waals surface area contributed by atoms with Crippen molar-refractivity contribution in [3.8, 4) is 5.75 Å². The molecule has 0 radical (unpaired) electrons. The zero-order chi connectivity index (χ0) is 14.0. The second kappa shape index (κ2) is 5.10. The van der Waals surface area contributed by atoms with Gasteiger partial charge in [0.25, 0.3) is 0 Å². The molecule has 0 saturated carbocycles. The smallest absolute Gasteiger partial charge is 0.202 e. The third-order valence-electron chi connectivity index (χ3n) is 3.03. The SMILES string of the molecule is COc1ccc(NC2=C(C)C(=O)C(C)=CC2=O)cc1. The van der Waals surface area contributed by atoms with Gasteiger partial charge in [-0.15, -0.1) is 0 Å². The summed E-state index contributed by atoms with van der Waals surface area (Å²) in [7, 11) is 1.59. The average Bonchev–Trinajstić information content (AvgIpc) is 2.42. The molecule has 0 heterocycles. The summed E-state index contributed by atoms with van der Waals surface area (Å²) >= 11 is 0. The van der Waals surface area contributed by atoms with Gasteiger partial charge < -0.3 is 10.1 Å². The van der Waals surface area contributed by atoms with E-state index in [0.717, 1.165) is 11.4 Å². The lowest BCUT2D eigenvalue weighted by atomic mass is 9.95. The molecule has 0 saturated heterocycles. The van der Waals surface area contributed by atoms with Crippen molar-refractivity contribution in [2.75, 3.05) is 12.4 Å². The van der Waals surface area contributed by atoms with E-state index in [1.54, 1.807) is 45.2 Å². The van der Waals surface area contributed by atoms with Crippen molar-refractivity contribution in [3.05, 3.63) is 47.2 Å². The highest BCUT2D eigenvalue weighted by molar-refractivity contribution is 6.23. The molecule has 0 unspecified atom stereocenters. The standard InChI is InChI=1S/C15H15NO3/c1-9-8-13(17)14(10(2)15(9)18)16-11-4-6-12(19-3)7-5-11/h4-8,16H,1-3H3. The van der Waals surface area contributed by atoms with Gasteiger partial charge in [-0.3, -0.25) is 9.59 Å². The van der Waals surface area contributed by atoms with E-state index in [1.165, 1.54) is 6.08 Å². The zero-order valence-corrected chi connectivity index (χ0v) is 11.1. The molecule has 0 fully saturated rings. The van der Waals surface area contributed by atoms with E-state index < -0.39 is 0 Å². The predicted molar refractivity (Wildman–Crippen MR) is 73.1 cm³/mol. The van der Waals surface area contributed by atoms with Crippen molar-refractivity contribution < 1.29 is 14.3 Å². The minimum atomic E-state index is -0.176. The molecule has 0 bridgehead atoms. The van der Waals surface area contributed by atoms with E-state index in [-0.39, 0.29) is 11.6 Å².